The van der Waals surface area contributed by atoms with Gasteiger partial charge in [0.2, 0.25) is 5.76 Å². The summed E-state index contributed by atoms with van der Waals surface area (Å²) in [6.45, 7) is 2.19. The molecule has 4 heterocycles. The van der Waals surface area contributed by atoms with Crippen molar-refractivity contribution in [3.63, 3.8) is 0 Å². The van der Waals surface area contributed by atoms with Gasteiger partial charge in [-0.2, -0.15) is 18.2 Å². The van der Waals surface area contributed by atoms with Crippen molar-refractivity contribution in [2.24, 2.45) is 0 Å². The molecule has 10 nitrogen and oxygen atoms in total. The Morgan fingerprint density at radius 3 is 2.15 bits per heavy atom. The van der Waals surface area contributed by atoms with Crippen LogP contribution in [0.15, 0.2) is 40.9 Å². The minimum absolute atomic E-state index is 0.146. The van der Waals surface area contributed by atoms with E-state index >= 15 is 0 Å². The van der Waals surface area contributed by atoms with Gasteiger partial charge in [-0.3, -0.25) is 4.79 Å². The van der Waals surface area contributed by atoms with Crippen LogP contribution < -0.4 is 20.4 Å². The summed E-state index contributed by atoms with van der Waals surface area (Å²) in [7, 11) is 0. The average Bonchev–Trinajstić information content (AvgIpc) is 3.43. The molecule has 2 N–H and O–H groups in total. The number of hydrogen-bond donors (Lipinski definition) is 2. The van der Waals surface area contributed by atoms with Crippen LogP contribution in [0.5, 0.6) is 0 Å². The van der Waals surface area contributed by atoms with E-state index in [1.54, 1.807) is 11.0 Å². The number of anilines is 4. The van der Waals surface area contributed by atoms with Crippen molar-refractivity contribution in [1.29, 1.82) is 0 Å². The topological polar surface area (TPSA) is 107 Å². The van der Waals surface area contributed by atoms with Crippen LogP contribution >= 0.6 is 0 Å². The van der Waals surface area contributed by atoms with Crippen LogP contribution in [-0.4, -0.2) is 66.1 Å². The Bertz CT molecular complexity index is 1380. The van der Waals surface area contributed by atoms with E-state index in [0.717, 1.165) is 31.4 Å². The highest BCUT2D eigenvalue weighted by Gasteiger charge is 2.42. The van der Waals surface area contributed by atoms with Crippen LogP contribution in [0.2, 0.25) is 0 Å². The molecule has 1 aromatic carbocycles. The van der Waals surface area contributed by atoms with Gasteiger partial charge in [-0.15, -0.1) is 0 Å². The first-order valence-electron chi connectivity index (χ1n) is 13.0. The highest BCUT2D eigenvalue weighted by molar-refractivity contribution is 6.03. The number of halogens is 5. The number of hydrogen-bond acceptors (Lipinski definition) is 7. The maximum atomic E-state index is 13.8. The van der Waals surface area contributed by atoms with Gasteiger partial charge in [0, 0.05) is 39.3 Å². The van der Waals surface area contributed by atoms with Crippen molar-refractivity contribution < 1.29 is 36.0 Å². The lowest BCUT2D eigenvalue weighted by Gasteiger charge is -2.35. The summed E-state index contributed by atoms with van der Waals surface area (Å²) >= 11 is 0. The highest BCUT2D eigenvalue weighted by atomic mass is 19.4. The molecule has 5 rings (SSSR count). The summed E-state index contributed by atoms with van der Waals surface area (Å²) in [4.78, 5) is 37.9. The molecule has 41 heavy (non-hydrogen) atoms. The van der Waals surface area contributed by atoms with Crippen LogP contribution in [-0.2, 0) is 6.18 Å². The van der Waals surface area contributed by atoms with Gasteiger partial charge in [0.1, 0.15) is 23.1 Å². The molecular weight excluding hydrogens is 553 g/mol. The van der Waals surface area contributed by atoms with Crippen molar-refractivity contribution in [1.82, 2.24) is 14.9 Å². The lowest BCUT2D eigenvalue weighted by Crippen LogP contribution is -2.50. The molecule has 2 aliphatic rings. The monoisotopic (exact) mass is 579 g/mol. The van der Waals surface area contributed by atoms with Crippen LogP contribution in [0, 0.1) is 11.6 Å². The summed E-state index contributed by atoms with van der Waals surface area (Å²) < 4.78 is 73.8. The van der Waals surface area contributed by atoms with Crippen molar-refractivity contribution in [3.05, 3.63) is 59.6 Å². The van der Waals surface area contributed by atoms with Crippen molar-refractivity contribution >= 4 is 35.1 Å². The first-order valence-corrected chi connectivity index (χ1v) is 13.0. The number of piperazine rings is 1. The molecule has 0 unspecified atom stereocenters. The second kappa shape index (κ2) is 11.6. The molecule has 2 fully saturated rings. The number of carbonyl (C=O) groups is 2. The number of nitrogens with zero attached hydrogens (tertiary/aromatic N) is 5. The fourth-order valence-corrected chi connectivity index (χ4v) is 4.65. The van der Waals surface area contributed by atoms with E-state index < -0.39 is 46.9 Å². The van der Waals surface area contributed by atoms with Gasteiger partial charge in [0.25, 0.3) is 11.9 Å². The maximum absolute atomic E-state index is 13.8. The van der Waals surface area contributed by atoms with Gasteiger partial charge in [-0.25, -0.2) is 18.6 Å². The van der Waals surface area contributed by atoms with Crippen LogP contribution in [0.1, 0.15) is 35.5 Å². The average molecular weight is 580 g/mol. The highest BCUT2D eigenvalue weighted by Crippen LogP contribution is 2.35. The molecular formula is C26H26F5N7O3. The summed E-state index contributed by atoms with van der Waals surface area (Å²) in [5, 5.41) is 4.63. The Balaban J connectivity index is 1.19. The molecule has 0 saturated carbocycles. The quantitative estimate of drug-likeness (QED) is 0.412. The predicted octanol–water partition coefficient (Wildman–Crippen LogP) is 4.96. The van der Waals surface area contributed by atoms with Gasteiger partial charge in [0.15, 0.2) is 5.69 Å². The standard InChI is InChI=1S/C26H26F5N7O3/c27-17-5-4-6-18(28)20(17)34-24(40)37-13-11-36(12-14-37)19-8-7-16(15-32-19)33-23(39)21-22(26(29,30)31)35-25(41-21)38-9-2-1-3-10-38/h4-8,15H,1-3,9-14H2,(H,33,39)(H,34,40). The SMILES string of the molecule is O=C(Nc1ccc(N2CCN(C(=O)Nc3c(F)cccc3F)CC2)nc1)c1oc(N2CCCCC2)nc1C(F)(F)F. The zero-order valence-corrected chi connectivity index (χ0v) is 21.7. The third kappa shape index (κ3) is 6.33. The smallest absolute Gasteiger partial charge is 0.417 e. The number of rotatable bonds is 5. The van der Waals surface area contributed by atoms with Gasteiger partial charge in [-0.1, -0.05) is 6.07 Å². The van der Waals surface area contributed by atoms with E-state index in [9.17, 15) is 31.5 Å². The molecule has 15 heteroatoms. The number of carbonyl (C=O) groups excluding carboxylic acids is 2. The normalized spacial score (nSPS) is 16.1. The molecule has 0 bridgehead atoms. The number of pyridine rings is 1. The minimum atomic E-state index is -4.88. The van der Waals surface area contributed by atoms with E-state index in [-0.39, 0.29) is 24.8 Å². The summed E-state index contributed by atoms with van der Waals surface area (Å²) in [5.41, 5.74) is -1.76. The third-order valence-electron chi connectivity index (χ3n) is 6.81. The number of urea groups is 1. The number of alkyl halides is 3. The van der Waals surface area contributed by atoms with Gasteiger partial charge in [0.05, 0.1) is 11.9 Å². The van der Waals surface area contributed by atoms with E-state index in [4.69, 9.17) is 4.42 Å². The Labute approximate surface area is 231 Å². The van der Waals surface area contributed by atoms with E-state index in [2.05, 4.69) is 20.6 Å². The number of nitrogens with one attached hydrogen (secondary N) is 2. The lowest BCUT2D eigenvalue weighted by molar-refractivity contribution is -0.141. The third-order valence-corrected chi connectivity index (χ3v) is 6.81. The first kappa shape index (κ1) is 28.1. The molecule has 0 atom stereocenters. The number of amides is 3. The summed E-state index contributed by atoms with van der Waals surface area (Å²) in [6.07, 6.45) is -1.04. The molecule has 0 radical (unpaired) electrons. The van der Waals surface area contributed by atoms with E-state index in [1.807, 2.05) is 4.90 Å². The largest absolute Gasteiger partial charge is 0.437 e. The molecule has 2 aromatic heterocycles. The van der Waals surface area contributed by atoms with Crippen LogP contribution in [0.4, 0.5) is 50.0 Å². The Morgan fingerprint density at radius 2 is 1.54 bits per heavy atom. The van der Waals surface area contributed by atoms with Crippen LogP contribution in [0.25, 0.3) is 0 Å². The number of oxazole rings is 1. The van der Waals surface area contributed by atoms with Crippen molar-refractivity contribution in [2.75, 3.05) is 59.7 Å². The molecule has 0 aliphatic carbocycles. The molecule has 3 amide bonds. The Hall–Kier alpha value is -4.43. The van der Waals surface area contributed by atoms with Gasteiger partial charge >= 0.3 is 12.2 Å². The molecule has 2 aliphatic heterocycles. The molecule has 2 saturated heterocycles. The second-order valence-corrected chi connectivity index (χ2v) is 9.58. The van der Waals surface area contributed by atoms with Gasteiger partial charge in [-0.05, 0) is 43.5 Å². The first-order chi connectivity index (χ1) is 19.6. The number of piperidine rings is 1. The number of benzene rings is 1. The molecule has 0 spiro atoms. The number of para-hydroxylation sites is 1. The zero-order valence-electron chi connectivity index (χ0n) is 21.7. The Morgan fingerprint density at radius 1 is 0.854 bits per heavy atom. The summed E-state index contributed by atoms with van der Waals surface area (Å²) in [5.74, 6) is -3.28. The minimum Gasteiger partial charge on any atom is -0.417 e. The predicted molar refractivity (Wildman–Crippen MR) is 139 cm³/mol. The van der Waals surface area contributed by atoms with Crippen LogP contribution in [0.3, 0.4) is 0 Å². The van der Waals surface area contributed by atoms with Crippen molar-refractivity contribution in [2.45, 2.75) is 25.4 Å². The maximum Gasteiger partial charge on any atom is 0.437 e. The molecule has 218 valence electrons. The lowest BCUT2D eigenvalue weighted by atomic mass is 10.1. The van der Waals surface area contributed by atoms with Gasteiger partial charge < -0.3 is 29.8 Å². The second-order valence-electron chi connectivity index (χ2n) is 9.58. The fourth-order valence-electron chi connectivity index (χ4n) is 4.65. The van der Waals surface area contributed by atoms with E-state index in [1.165, 1.54) is 23.2 Å². The number of aromatic nitrogens is 2. The van der Waals surface area contributed by atoms with Crippen molar-refractivity contribution in [3.8, 4) is 0 Å². The zero-order chi connectivity index (χ0) is 29.1. The molecule has 3 aromatic rings. The fraction of sp³-hybridized carbons (Fsp3) is 0.385. The Kier molecular flexibility index (Phi) is 7.94. The summed E-state index contributed by atoms with van der Waals surface area (Å²) in [6, 6.07) is 5.46. The van der Waals surface area contributed by atoms with E-state index in [0.29, 0.717) is 32.0 Å².